The van der Waals surface area contributed by atoms with Crippen molar-refractivity contribution < 1.29 is 62.6 Å². The number of carbonyl (C=O) groups excluding carboxylic acids is 1. The predicted octanol–water partition coefficient (Wildman–Crippen LogP) is 5.30. The molecule has 4 nitrogen and oxygen atoms in total. The lowest BCUT2D eigenvalue weighted by Gasteiger charge is -2.48. The van der Waals surface area contributed by atoms with Crippen LogP contribution >= 0.6 is 0 Å². The van der Waals surface area contributed by atoms with Gasteiger partial charge < -0.3 is 14.8 Å². The SMILES string of the molecule is CCC(C)(OC(F)(F)[C@@](F)(C(F)(F)F)C(C)(F)CC)C(F)(C(=O)NCCC[SiH](C)O)C(F)(F)F. The highest BCUT2D eigenvalue weighted by atomic mass is 28.3. The van der Waals surface area contributed by atoms with E-state index < -0.39 is 75.4 Å². The molecule has 0 heterocycles. The summed E-state index contributed by atoms with van der Waals surface area (Å²) < 4.78 is 159. The number of carbonyl (C=O) groups is 1. The third-order valence-corrected chi connectivity index (χ3v) is 6.96. The van der Waals surface area contributed by atoms with Crippen LogP contribution in [-0.4, -0.2) is 67.4 Å². The predicted molar refractivity (Wildman–Crippen MR) is 102 cm³/mol. The number of hydrogen-bond donors (Lipinski definition) is 2. The van der Waals surface area contributed by atoms with Gasteiger partial charge in [-0.1, -0.05) is 13.8 Å². The smallest absolute Gasteiger partial charge is 0.434 e. The van der Waals surface area contributed by atoms with Crippen LogP contribution in [0.2, 0.25) is 12.6 Å². The van der Waals surface area contributed by atoms with Gasteiger partial charge in [0.05, 0.1) is 0 Å². The molecule has 34 heavy (non-hydrogen) atoms. The van der Waals surface area contributed by atoms with Crippen LogP contribution in [0.3, 0.4) is 0 Å². The number of amides is 1. The Balaban J connectivity index is 6.58. The van der Waals surface area contributed by atoms with E-state index in [2.05, 4.69) is 4.74 Å². The molecule has 0 aromatic carbocycles. The average Bonchev–Trinajstić information content (AvgIpc) is 2.66. The first-order chi connectivity index (χ1) is 14.9. The maximum atomic E-state index is 15.4. The highest BCUT2D eigenvalue weighted by Gasteiger charge is 2.83. The van der Waals surface area contributed by atoms with Gasteiger partial charge in [0.1, 0.15) is 5.60 Å². The second-order valence-electron chi connectivity index (χ2n) is 8.31. The quantitative estimate of drug-likeness (QED) is 0.200. The summed E-state index contributed by atoms with van der Waals surface area (Å²) in [7, 11) is -2.21. The van der Waals surface area contributed by atoms with Crippen molar-refractivity contribution in [3.63, 3.8) is 0 Å². The normalized spacial score (nSPS) is 21.6. The minimum absolute atomic E-state index is 0.0766. The third kappa shape index (κ3) is 5.79. The van der Waals surface area contributed by atoms with Crippen LogP contribution in [0, 0.1) is 0 Å². The van der Waals surface area contributed by atoms with Crippen molar-refractivity contribution in [3.8, 4) is 0 Å². The molecule has 0 aromatic rings. The highest BCUT2D eigenvalue weighted by molar-refractivity contribution is 6.48. The molecule has 1 amide bonds. The Morgan fingerprint density at radius 3 is 1.68 bits per heavy atom. The molecule has 0 rings (SSSR count). The molecule has 5 atom stereocenters. The lowest BCUT2D eigenvalue weighted by Crippen LogP contribution is -2.73. The van der Waals surface area contributed by atoms with Crippen molar-refractivity contribution >= 4 is 14.9 Å². The van der Waals surface area contributed by atoms with Crippen molar-refractivity contribution in [1.82, 2.24) is 5.32 Å². The zero-order valence-electron chi connectivity index (χ0n) is 19.0. The van der Waals surface area contributed by atoms with Crippen molar-refractivity contribution in [3.05, 3.63) is 0 Å². The molecule has 2 N–H and O–H groups in total. The number of nitrogens with one attached hydrogen (secondary N) is 1. The standard InChI is InChI=1S/C18H28F11NO3Si/c1-6-12(3,19)15(21,17(25,26)27)18(28,29)33-13(4,7-2)14(20,16(22,23)24)11(31)30-9-8-10-34(5)32/h32,34H,6-10H2,1-5H3,(H,30,31)/t12?,13?,14?,15-,34?/m0/s1. The molecule has 0 spiro atoms. The van der Waals surface area contributed by atoms with Crippen LogP contribution in [0.5, 0.6) is 0 Å². The fourth-order valence-electron chi connectivity index (χ4n) is 3.14. The van der Waals surface area contributed by atoms with Crippen LogP contribution < -0.4 is 5.32 Å². The van der Waals surface area contributed by atoms with Crippen molar-refractivity contribution in [2.75, 3.05) is 6.54 Å². The molecule has 0 bridgehead atoms. The van der Waals surface area contributed by atoms with E-state index >= 15 is 4.39 Å². The molecular formula is C18H28F11NO3Si. The molecule has 0 aliphatic rings. The topological polar surface area (TPSA) is 58.6 Å². The first kappa shape index (κ1) is 32.8. The zero-order chi connectivity index (χ0) is 27.6. The zero-order valence-corrected chi connectivity index (χ0v) is 20.2. The van der Waals surface area contributed by atoms with Gasteiger partial charge in [0.25, 0.3) is 5.91 Å². The van der Waals surface area contributed by atoms with Gasteiger partial charge in [-0.3, -0.25) is 4.79 Å². The molecule has 0 fully saturated rings. The molecule has 0 aromatic heterocycles. The summed E-state index contributed by atoms with van der Waals surface area (Å²) in [6.07, 6.45) is -22.6. The summed E-state index contributed by atoms with van der Waals surface area (Å²) in [6.45, 7) is 1.63. The third-order valence-electron chi connectivity index (χ3n) is 5.72. The Morgan fingerprint density at radius 2 is 1.35 bits per heavy atom. The van der Waals surface area contributed by atoms with Gasteiger partial charge in [-0.05, 0) is 45.7 Å². The summed E-state index contributed by atoms with van der Waals surface area (Å²) >= 11 is 0. The van der Waals surface area contributed by atoms with E-state index in [1.165, 1.54) is 11.9 Å². The molecule has 204 valence electrons. The Kier molecular flexibility index (Phi) is 10.1. The van der Waals surface area contributed by atoms with Crippen molar-refractivity contribution in [1.29, 1.82) is 0 Å². The van der Waals surface area contributed by atoms with Crippen LogP contribution in [0.1, 0.15) is 47.0 Å². The van der Waals surface area contributed by atoms with Gasteiger partial charge in [0, 0.05) is 6.54 Å². The van der Waals surface area contributed by atoms with Crippen molar-refractivity contribution in [2.45, 2.75) is 101 Å². The minimum atomic E-state index is -6.71. The van der Waals surface area contributed by atoms with Crippen LogP contribution in [-0.2, 0) is 9.53 Å². The number of hydrogen-bond acceptors (Lipinski definition) is 3. The fraction of sp³-hybridized carbons (Fsp3) is 0.944. The maximum absolute atomic E-state index is 15.4. The molecule has 4 unspecified atom stereocenters. The first-order valence-electron chi connectivity index (χ1n) is 10.2. The molecule has 0 radical (unpaired) electrons. The Hall–Kier alpha value is -1.16. The number of alkyl halides is 11. The largest absolute Gasteiger partial charge is 0.435 e. The summed E-state index contributed by atoms with van der Waals surface area (Å²) in [6, 6.07) is 0.0766. The number of halogens is 11. The second kappa shape index (κ2) is 10.4. The first-order valence-corrected chi connectivity index (χ1v) is 12.6. The van der Waals surface area contributed by atoms with Gasteiger partial charge >= 0.3 is 29.8 Å². The fourth-order valence-corrected chi connectivity index (χ4v) is 3.93. The maximum Gasteiger partial charge on any atom is 0.434 e. The summed E-state index contributed by atoms with van der Waals surface area (Å²) in [5.74, 6) is -2.58. The summed E-state index contributed by atoms with van der Waals surface area (Å²) in [5, 5.41) is 1.48. The second-order valence-corrected chi connectivity index (χ2v) is 10.6. The van der Waals surface area contributed by atoms with E-state index in [4.69, 9.17) is 0 Å². The number of rotatable bonds is 12. The monoisotopic (exact) mass is 543 g/mol. The summed E-state index contributed by atoms with van der Waals surface area (Å²) in [5.41, 5.74) is -20.2. The minimum Gasteiger partial charge on any atom is -0.435 e. The lowest BCUT2D eigenvalue weighted by molar-refractivity contribution is -0.442. The Bertz CT molecular complexity index is 702. The molecule has 0 saturated heterocycles. The van der Waals surface area contributed by atoms with Crippen LogP contribution in [0.25, 0.3) is 0 Å². The summed E-state index contributed by atoms with van der Waals surface area (Å²) in [4.78, 5) is 21.4. The van der Waals surface area contributed by atoms with Gasteiger partial charge in [0.15, 0.2) is 14.7 Å². The van der Waals surface area contributed by atoms with Crippen molar-refractivity contribution in [2.24, 2.45) is 0 Å². The lowest BCUT2D eigenvalue weighted by atomic mass is 9.80. The van der Waals surface area contributed by atoms with E-state index in [0.29, 0.717) is 13.8 Å². The Morgan fingerprint density at radius 1 is 0.882 bits per heavy atom. The molecule has 0 saturated carbocycles. The van der Waals surface area contributed by atoms with Gasteiger partial charge in [-0.25, -0.2) is 13.2 Å². The highest BCUT2D eigenvalue weighted by Crippen LogP contribution is 2.58. The van der Waals surface area contributed by atoms with E-state index in [0.717, 1.165) is 0 Å². The van der Waals surface area contributed by atoms with E-state index in [1.54, 1.807) is 0 Å². The van der Waals surface area contributed by atoms with Crippen LogP contribution in [0.15, 0.2) is 0 Å². The molecule has 0 aliphatic carbocycles. The molecular weight excluding hydrogens is 515 g/mol. The van der Waals surface area contributed by atoms with E-state index in [-0.39, 0.29) is 26.3 Å². The van der Waals surface area contributed by atoms with E-state index in [9.17, 15) is 53.5 Å². The number of ether oxygens (including phenoxy) is 1. The van der Waals surface area contributed by atoms with Gasteiger partial charge in [-0.15, -0.1) is 0 Å². The average molecular weight is 543 g/mol. The Labute approximate surface area is 190 Å². The molecule has 0 aliphatic heterocycles. The van der Waals surface area contributed by atoms with Crippen LogP contribution in [0.4, 0.5) is 48.3 Å². The molecule has 16 heteroatoms. The van der Waals surface area contributed by atoms with Gasteiger partial charge in [-0.2, -0.15) is 35.1 Å². The van der Waals surface area contributed by atoms with E-state index in [1.807, 2.05) is 0 Å². The van der Waals surface area contributed by atoms with Gasteiger partial charge in [0.2, 0.25) is 0 Å².